The van der Waals surface area contributed by atoms with Crippen molar-refractivity contribution in [2.24, 2.45) is 5.73 Å². The monoisotopic (exact) mass is 309 g/mol. The molecule has 1 aromatic rings. The summed E-state index contributed by atoms with van der Waals surface area (Å²) < 4.78 is 5.17. The second-order valence-electron chi connectivity index (χ2n) is 6.39. The fraction of sp³-hybridized carbons (Fsp3) is 0.533. The van der Waals surface area contributed by atoms with Gasteiger partial charge in [0.05, 0.1) is 4.92 Å². The van der Waals surface area contributed by atoms with E-state index in [9.17, 15) is 14.9 Å². The molecular weight excluding hydrogens is 286 g/mol. The number of nitro benzene ring substituents is 1. The van der Waals surface area contributed by atoms with Crippen molar-refractivity contribution in [1.82, 2.24) is 5.32 Å². The number of benzene rings is 1. The topological polar surface area (TPSA) is 107 Å². The fourth-order valence-electron chi connectivity index (χ4n) is 2.00. The van der Waals surface area contributed by atoms with E-state index in [0.717, 1.165) is 0 Å². The smallest absolute Gasteiger partial charge is 0.407 e. The van der Waals surface area contributed by atoms with Crippen LogP contribution in [-0.4, -0.2) is 29.7 Å². The fourth-order valence-corrected chi connectivity index (χ4v) is 2.00. The molecule has 0 aromatic heterocycles. The van der Waals surface area contributed by atoms with Gasteiger partial charge in [0.25, 0.3) is 5.69 Å². The van der Waals surface area contributed by atoms with Crippen LogP contribution >= 0.6 is 0 Å². The molecule has 0 aliphatic rings. The van der Waals surface area contributed by atoms with Gasteiger partial charge in [-0.05, 0) is 20.8 Å². The lowest BCUT2D eigenvalue weighted by Crippen LogP contribution is -2.45. The zero-order chi connectivity index (χ0) is 17.0. The Labute approximate surface area is 130 Å². The molecule has 122 valence electrons. The molecule has 0 spiro atoms. The van der Waals surface area contributed by atoms with E-state index in [-0.39, 0.29) is 18.8 Å². The average molecular weight is 309 g/mol. The number of para-hydroxylation sites is 1. The van der Waals surface area contributed by atoms with Crippen molar-refractivity contribution in [2.45, 2.75) is 38.7 Å². The highest BCUT2D eigenvalue weighted by atomic mass is 16.6. The van der Waals surface area contributed by atoms with Gasteiger partial charge in [0.1, 0.15) is 5.60 Å². The van der Waals surface area contributed by atoms with Crippen LogP contribution in [0.15, 0.2) is 24.3 Å². The Hall–Kier alpha value is -2.15. The number of hydrogen-bond donors (Lipinski definition) is 2. The highest BCUT2D eigenvalue weighted by Gasteiger charge is 2.32. The molecule has 1 unspecified atom stereocenters. The number of nitro groups is 1. The molecule has 0 aliphatic heterocycles. The van der Waals surface area contributed by atoms with Crippen molar-refractivity contribution in [3.05, 3.63) is 39.9 Å². The number of nitrogens with zero attached hydrogens (tertiary/aromatic N) is 1. The molecule has 0 heterocycles. The Bertz CT molecular complexity index is 554. The third kappa shape index (κ3) is 4.70. The van der Waals surface area contributed by atoms with E-state index in [4.69, 9.17) is 10.5 Å². The first-order valence-corrected chi connectivity index (χ1v) is 7.00. The molecule has 3 N–H and O–H groups in total. The van der Waals surface area contributed by atoms with Gasteiger partial charge in [-0.1, -0.05) is 25.1 Å². The molecule has 0 aliphatic carbocycles. The second kappa shape index (κ2) is 6.74. The van der Waals surface area contributed by atoms with Crippen LogP contribution in [0, 0.1) is 10.1 Å². The summed E-state index contributed by atoms with van der Waals surface area (Å²) >= 11 is 0. The number of amides is 1. The van der Waals surface area contributed by atoms with E-state index in [1.807, 2.05) is 0 Å². The molecule has 0 radical (unpaired) electrons. The van der Waals surface area contributed by atoms with Crippen LogP contribution in [-0.2, 0) is 10.2 Å². The third-order valence-electron chi connectivity index (χ3n) is 3.22. The number of hydrogen-bond acceptors (Lipinski definition) is 5. The number of carbonyl (C=O) groups excluding carboxylic acids is 1. The minimum Gasteiger partial charge on any atom is -0.444 e. The molecular formula is C15H23N3O4. The summed E-state index contributed by atoms with van der Waals surface area (Å²) in [5.41, 5.74) is 4.91. The van der Waals surface area contributed by atoms with E-state index in [1.54, 1.807) is 45.9 Å². The number of ether oxygens (including phenoxy) is 1. The SMILES string of the molecule is CC(C)(C)OC(=O)NCC(C)(CN)c1ccccc1[N+](=O)[O-]. The van der Waals surface area contributed by atoms with Crippen molar-refractivity contribution in [3.63, 3.8) is 0 Å². The molecule has 0 fully saturated rings. The highest BCUT2D eigenvalue weighted by Crippen LogP contribution is 2.30. The van der Waals surface area contributed by atoms with Crippen molar-refractivity contribution in [1.29, 1.82) is 0 Å². The van der Waals surface area contributed by atoms with Crippen LogP contribution in [0.4, 0.5) is 10.5 Å². The zero-order valence-electron chi connectivity index (χ0n) is 13.4. The Kier molecular flexibility index (Phi) is 5.48. The Morgan fingerprint density at radius 3 is 2.41 bits per heavy atom. The lowest BCUT2D eigenvalue weighted by Gasteiger charge is -2.29. The first-order valence-electron chi connectivity index (χ1n) is 7.00. The minimum atomic E-state index is -0.763. The van der Waals surface area contributed by atoms with Gasteiger partial charge in [-0.15, -0.1) is 0 Å². The maximum atomic E-state index is 11.8. The normalized spacial score (nSPS) is 14.0. The number of nitrogens with one attached hydrogen (secondary N) is 1. The van der Waals surface area contributed by atoms with Crippen LogP contribution in [0.25, 0.3) is 0 Å². The molecule has 7 heteroatoms. The minimum absolute atomic E-state index is 0.0126. The van der Waals surface area contributed by atoms with Crippen molar-refractivity contribution in [2.75, 3.05) is 13.1 Å². The van der Waals surface area contributed by atoms with Gasteiger partial charge in [0.15, 0.2) is 0 Å². The van der Waals surface area contributed by atoms with Crippen LogP contribution in [0.5, 0.6) is 0 Å². The summed E-state index contributed by atoms with van der Waals surface area (Å²) in [4.78, 5) is 22.5. The highest BCUT2D eigenvalue weighted by molar-refractivity contribution is 5.68. The molecule has 1 atom stereocenters. The molecule has 1 amide bonds. The number of carbonyl (C=O) groups is 1. The molecule has 0 saturated heterocycles. The first kappa shape index (κ1) is 17.9. The van der Waals surface area contributed by atoms with Gasteiger partial charge in [-0.2, -0.15) is 0 Å². The van der Waals surface area contributed by atoms with Crippen LogP contribution < -0.4 is 11.1 Å². The maximum Gasteiger partial charge on any atom is 0.407 e. The van der Waals surface area contributed by atoms with Gasteiger partial charge in [-0.3, -0.25) is 10.1 Å². The molecule has 1 aromatic carbocycles. The molecule has 22 heavy (non-hydrogen) atoms. The zero-order valence-corrected chi connectivity index (χ0v) is 13.4. The Balaban J connectivity index is 2.94. The van der Waals surface area contributed by atoms with Gasteiger partial charge in [0.2, 0.25) is 0 Å². The van der Waals surface area contributed by atoms with E-state index < -0.39 is 22.0 Å². The molecule has 0 saturated carbocycles. The number of nitrogens with two attached hydrogens (primary N) is 1. The molecule has 7 nitrogen and oxygen atoms in total. The lowest BCUT2D eigenvalue weighted by atomic mass is 9.81. The summed E-state index contributed by atoms with van der Waals surface area (Å²) in [7, 11) is 0. The van der Waals surface area contributed by atoms with Crippen LogP contribution in [0.2, 0.25) is 0 Å². The predicted octanol–water partition coefficient (Wildman–Crippen LogP) is 2.34. The third-order valence-corrected chi connectivity index (χ3v) is 3.22. The quantitative estimate of drug-likeness (QED) is 0.641. The number of alkyl carbamates (subject to hydrolysis) is 1. The van der Waals surface area contributed by atoms with Gasteiger partial charge in [0, 0.05) is 30.1 Å². The molecule has 0 bridgehead atoms. The first-order chi connectivity index (χ1) is 10.1. The average Bonchev–Trinajstić information content (AvgIpc) is 2.43. The van der Waals surface area contributed by atoms with Crippen molar-refractivity contribution in [3.8, 4) is 0 Å². The summed E-state index contributed by atoms with van der Waals surface area (Å²) in [5, 5.41) is 13.8. The van der Waals surface area contributed by atoms with Crippen molar-refractivity contribution >= 4 is 11.8 Å². The standard InChI is InChI=1S/C15H23N3O4/c1-14(2,3)22-13(19)17-10-15(4,9-16)11-7-5-6-8-12(11)18(20)21/h5-8H,9-10,16H2,1-4H3,(H,17,19). The maximum absolute atomic E-state index is 11.8. The van der Waals surface area contributed by atoms with E-state index in [2.05, 4.69) is 5.32 Å². The van der Waals surface area contributed by atoms with Gasteiger partial charge in [-0.25, -0.2) is 4.79 Å². The summed E-state index contributed by atoms with van der Waals surface area (Å²) in [6.45, 7) is 7.34. The van der Waals surface area contributed by atoms with E-state index in [1.165, 1.54) is 6.07 Å². The summed E-state index contributed by atoms with van der Waals surface area (Å²) in [5.74, 6) is 0. The van der Waals surface area contributed by atoms with Crippen molar-refractivity contribution < 1.29 is 14.5 Å². The van der Waals surface area contributed by atoms with E-state index >= 15 is 0 Å². The van der Waals surface area contributed by atoms with Crippen LogP contribution in [0.1, 0.15) is 33.3 Å². The van der Waals surface area contributed by atoms with Crippen LogP contribution in [0.3, 0.4) is 0 Å². The summed E-state index contributed by atoms with van der Waals surface area (Å²) in [6, 6.07) is 6.39. The second-order valence-corrected chi connectivity index (χ2v) is 6.39. The summed E-state index contributed by atoms with van der Waals surface area (Å²) in [6.07, 6.45) is -0.578. The Morgan fingerprint density at radius 2 is 1.91 bits per heavy atom. The lowest BCUT2D eigenvalue weighted by molar-refractivity contribution is -0.386. The van der Waals surface area contributed by atoms with E-state index in [0.29, 0.717) is 5.56 Å². The Morgan fingerprint density at radius 1 is 1.32 bits per heavy atom. The van der Waals surface area contributed by atoms with Gasteiger partial charge < -0.3 is 15.8 Å². The number of rotatable bonds is 5. The largest absolute Gasteiger partial charge is 0.444 e. The predicted molar refractivity (Wildman–Crippen MR) is 83.7 cm³/mol. The van der Waals surface area contributed by atoms with Gasteiger partial charge >= 0.3 is 6.09 Å². The molecule has 1 rings (SSSR count).